The van der Waals surface area contributed by atoms with Gasteiger partial charge in [0.2, 0.25) is 0 Å². The van der Waals surface area contributed by atoms with Crippen LogP contribution in [-0.4, -0.2) is 17.1 Å². The van der Waals surface area contributed by atoms with Crippen molar-refractivity contribution in [3.63, 3.8) is 0 Å². The third-order valence-corrected chi connectivity index (χ3v) is 2.99. The minimum Gasteiger partial charge on any atom is -0.491 e. The lowest BCUT2D eigenvalue weighted by Crippen LogP contribution is -2.41. The Morgan fingerprint density at radius 2 is 1.83 bits per heavy atom. The van der Waals surface area contributed by atoms with Gasteiger partial charge >= 0.3 is 0 Å². The second-order valence-corrected chi connectivity index (χ2v) is 5.50. The molecule has 0 aliphatic carbocycles. The molecule has 0 unspecified atom stereocenters. The summed E-state index contributed by atoms with van der Waals surface area (Å²) < 4.78 is 5.57. The highest BCUT2D eigenvalue weighted by atomic mass is 32.1. The number of anilines is 1. The van der Waals surface area contributed by atoms with Crippen molar-refractivity contribution in [3.8, 4) is 5.75 Å². The van der Waals surface area contributed by atoms with E-state index in [0.717, 1.165) is 5.69 Å². The van der Waals surface area contributed by atoms with Crippen LogP contribution < -0.4 is 20.9 Å². The lowest BCUT2D eigenvalue weighted by Gasteiger charge is -2.13. The molecule has 0 radical (unpaired) electrons. The zero-order valence-corrected chi connectivity index (χ0v) is 13.8. The van der Waals surface area contributed by atoms with Gasteiger partial charge in [-0.2, -0.15) is 0 Å². The van der Waals surface area contributed by atoms with Crippen LogP contribution in [0.2, 0.25) is 0 Å². The van der Waals surface area contributed by atoms with Crippen LogP contribution in [0.25, 0.3) is 0 Å². The summed E-state index contributed by atoms with van der Waals surface area (Å²) in [6.07, 6.45) is 0.0473. The molecule has 0 saturated carbocycles. The molecular formula is C17H19N3O2S. The Morgan fingerprint density at radius 1 is 1.09 bits per heavy atom. The first kappa shape index (κ1) is 16.8. The predicted molar refractivity (Wildman–Crippen MR) is 95.5 cm³/mol. The molecule has 0 bridgehead atoms. The van der Waals surface area contributed by atoms with Gasteiger partial charge < -0.3 is 4.74 Å². The highest BCUT2D eigenvalue weighted by Crippen LogP contribution is 2.14. The Hall–Kier alpha value is -2.60. The number of ether oxygens (including phenoxy) is 1. The molecule has 2 rings (SSSR count). The topological polar surface area (TPSA) is 62.4 Å². The Kier molecular flexibility index (Phi) is 5.94. The van der Waals surface area contributed by atoms with E-state index in [1.54, 1.807) is 18.2 Å². The SMILES string of the molecule is CC(C)Oc1cccc(C(=O)NC(=S)NNc2ccccc2)c1. The zero-order chi connectivity index (χ0) is 16.7. The van der Waals surface area contributed by atoms with E-state index in [1.807, 2.05) is 50.2 Å². The fourth-order valence-corrected chi connectivity index (χ4v) is 1.98. The highest BCUT2D eigenvalue weighted by Gasteiger charge is 2.09. The number of rotatable bonds is 5. The molecule has 0 atom stereocenters. The van der Waals surface area contributed by atoms with E-state index in [9.17, 15) is 4.79 Å². The molecule has 3 N–H and O–H groups in total. The summed E-state index contributed by atoms with van der Waals surface area (Å²) in [5, 5.41) is 2.80. The monoisotopic (exact) mass is 329 g/mol. The molecule has 0 fully saturated rings. The minimum atomic E-state index is -0.299. The zero-order valence-electron chi connectivity index (χ0n) is 13.0. The quantitative estimate of drug-likeness (QED) is 0.581. The summed E-state index contributed by atoms with van der Waals surface area (Å²) in [6, 6.07) is 16.4. The van der Waals surface area contributed by atoms with Gasteiger partial charge in [-0.1, -0.05) is 24.3 Å². The maximum Gasteiger partial charge on any atom is 0.257 e. The number of nitrogens with one attached hydrogen (secondary N) is 3. The number of carbonyl (C=O) groups is 1. The Labute approximate surface area is 141 Å². The Bertz CT molecular complexity index is 675. The molecule has 0 aromatic heterocycles. The van der Waals surface area contributed by atoms with Crippen LogP contribution in [0.3, 0.4) is 0 Å². The maximum atomic E-state index is 12.2. The maximum absolute atomic E-state index is 12.2. The van der Waals surface area contributed by atoms with E-state index in [2.05, 4.69) is 16.2 Å². The van der Waals surface area contributed by atoms with Crippen molar-refractivity contribution < 1.29 is 9.53 Å². The Balaban J connectivity index is 1.89. The summed E-state index contributed by atoms with van der Waals surface area (Å²) in [4.78, 5) is 12.2. The van der Waals surface area contributed by atoms with Gasteiger partial charge in [-0.3, -0.25) is 21.0 Å². The second kappa shape index (κ2) is 8.14. The third kappa shape index (κ3) is 5.60. The van der Waals surface area contributed by atoms with Crippen LogP contribution >= 0.6 is 12.2 Å². The van der Waals surface area contributed by atoms with Gasteiger partial charge in [-0.05, 0) is 56.4 Å². The van der Waals surface area contributed by atoms with E-state index in [4.69, 9.17) is 17.0 Å². The third-order valence-electron chi connectivity index (χ3n) is 2.79. The average Bonchev–Trinajstić information content (AvgIpc) is 2.53. The molecule has 0 saturated heterocycles. The first-order valence-electron chi connectivity index (χ1n) is 7.23. The summed E-state index contributed by atoms with van der Waals surface area (Å²) >= 11 is 5.10. The summed E-state index contributed by atoms with van der Waals surface area (Å²) in [7, 11) is 0. The van der Waals surface area contributed by atoms with Crippen LogP contribution in [0.5, 0.6) is 5.75 Å². The fourth-order valence-electron chi connectivity index (χ4n) is 1.84. The number of para-hydroxylation sites is 1. The fraction of sp³-hybridized carbons (Fsp3) is 0.176. The van der Waals surface area contributed by atoms with Crippen molar-refractivity contribution >= 4 is 28.9 Å². The lowest BCUT2D eigenvalue weighted by molar-refractivity contribution is 0.0976. The van der Waals surface area contributed by atoms with Crippen molar-refractivity contribution in [3.05, 3.63) is 60.2 Å². The molecule has 23 heavy (non-hydrogen) atoms. The van der Waals surface area contributed by atoms with Crippen molar-refractivity contribution in [2.75, 3.05) is 5.43 Å². The first-order valence-corrected chi connectivity index (χ1v) is 7.64. The van der Waals surface area contributed by atoms with Crippen molar-refractivity contribution in [1.29, 1.82) is 0 Å². The number of hydrogen-bond acceptors (Lipinski definition) is 4. The number of amides is 1. The molecule has 0 aliphatic heterocycles. The molecule has 2 aromatic rings. The molecule has 1 amide bonds. The van der Waals surface area contributed by atoms with Crippen LogP contribution in [0.4, 0.5) is 5.69 Å². The molecule has 2 aromatic carbocycles. The highest BCUT2D eigenvalue weighted by molar-refractivity contribution is 7.80. The molecule has 0 heterocycles. The standard InChI is InChI=1S/C17H19N3O2S/c1-12(2)22-15-10-6-7-13(11-15)16(21)18-17(23)20-19-14-8-4-3-5-9-14/h3-12,19H,1-2H3,(H2,18,20,21,23). The minimum absolute atomic E-state index is 0.0473. The normalized spacial score (nSPS) is 10.0. The number of carbonyl (C=O) groups excluding carboxylic acids is 1. The van der Waals surface area contributed by atoms with Crippen molar-refractivity contribution in [1.82, 2.24) is 10.7 Å². The van der Waals surface area contributed by atoms with Crippen LogP contribution in [0.1, 0.15) is 24.2 Å². The van der Waals surface area contributed by atoms with E-state index in [-0.39, 0.29) is 17.1 Å². The molecule has 120 valence electrons. The second-order valence-electron chi connectivity index (χ2n) is 5.09. The average molecular weight is 329 g/mol. The van der Waals surface area contributed by atoms with Gasteiger partial charge in [0, 0.05) is 5.56 Å². The molecule has 0 aliphatic rings. The first-order chi connectivity index (χ1) is 11.0. The smallest absolute Gasteiger partial charge is 0.257 e. The molecular weight excluding hydrogens is 310 g/mol. The molecule has 6 heteroatoms. The van der Waals surface area contributed by atoms with Crippen molar-refractivity contribution in [2.45, 2.75) is 20.0 Å². The summed E-state index contributed by atoms with van der Waals surface area (Å²) in [5.41, 5.74) is 7.00. The van der Waals surface area contributed by atoms with E-state index in [0.29, 0.717) is 11.3 Å². The largest absolute Gasteiger partial charge is 0.491 e. The van der Waals surface area contributed by atoms with Crippen molar-refractivity contribution in [2.24, 2.45) is 0 Å². The predicted octanol–water partition coefficient (Wildman–Crippen LogP) is 3.11. The summed E-state index contributed by atoms with van der Waals surface area (Å²) in [5.74, 6) is 0.348. The van der Waals surface area contributed by atoms with E-state index >= 15 is 0 Å². The van der Waals surface area contributed by atoms with E-state index in [1.165, 1.54) is 0 Å². The molecule has 5 nitrogen and oxygen atoms in total. The molecule has 0 spiro atoms. The van der Waals surface area contributed by atoms with Gasteiger partial charge in [0.1, 0.15) is 5.75 Å². The van der Waals surface area contributed by atoms with Crippen LogP contribution in [0, 0.1) is 0 Å². The number of hydrazine groups is 1. The van der Waals surface area contributed by atoms with Gasteiger partial charge in [0.05, 0.1) is 11.8 Å². The van der Waals surface area contributed by atoms with Gasteiger partial charge in [-0.15, -0.1) is 0 Å². The van der Waals surface area contributed by atoms with Gasteiger partial charge in [-0.25, -0.2) is 0 Å². The number of benzene rings is 2. The number of hydrogen-bond donors (Lipinski definition) is 3. The number of thiocarbonyl (C=S) groups is 1. The van der Waals surface area contributed by atoms with E-state index < -0.39 is 0 Å². The summed E-state index contributed by atoms with van der Waals surface area (Å²) in [6.45, 7) is 3.86. The van der Waals surface area contributed by atoms with Crippen LogP contribution in [0.15, 0.2) is 54.6 Å². The lowest BCUT2D eigenvalue weighted by atomic mass is 10.2. The van der Waals surface area contributed by atoms with Gasteiger partial charge in [0.25, 0.3) is 5.91 Å². The van der Waals surface area contributed by atoms with Gasteiger partial charge in [0.15, 0.2) is 5.11 Å². The Morgan fingerprint density at radius 3 is 2.52 bits per heavy atom. The van der Waals surface area contributed by atoms with Crippen LogP contribution in [-0.2, 0) is 0 Å².